The Hall–Kier alpha value is -0.380. The molecule has 3 nitrogen and oxygen atoms in total. The smallest absolute Gasteiger partial charge is 0.0110 e. The van der Waals surface area contributed by atoms with Crippen LogP contribution in [0.2, 0.25) is 0 Å². The van der Waals surface area contributed by atoms with Crippen molar-refractivity contribution in [1.29, 1.82) is 0 Å². The number of piperidine rings is 1. The van der Waals surface area contributed by atoms with Gasteiger partial charge < -0.3 is 14.7 Å². The molecule has 19 heavy (non-hydrogen) atoms. The van der Waals surface area contributed by atoms with Crippen molar-refractivity contribution in [2.75, 3.05) is 59.4 Å². The molecule has 0 N–H and O–H groups in total. The van der Waals surface area contributed by atoms with Gasteiger partial charge in [0.2, 0.25) is 0 Å². The Morgan fingerprint density at radius 3 is 2.11 bits per heavy atom. The van der Waals surface area contributed by atoms with Gasteiger partial charge in [-0.15, -0.1) is 0 Å². The molecule has 0 aromatic heterocycles. The van der Waals surface area contributed by atoms with E-state index in [0.29, 0.717) is 0 Å². The van der Waals surface area contributed by atoms with Crippen LogP contribution in [-0.2, 0) is 0 Å². The summed E-state index contributed by atoms with van der Waals surface area (Å²) < 4.78 is 0. The lowest BCUT2D eigenvalue weighted by atomic mass is 9.95. The van der Waals surface area contributed by atoms with Gasteiger partial charge in [-0.05, 0) is 45.8 Å². The largest absolute Gasteiger partial charge is 0.304 e. The summed E-state index contributed by atoms with van der Waals surface area (Å²) in [5.74, 6) is 1.78. The molecule has 3 heteroatoms. The van der Waals surface area contributed by atoms with Gasteiger partial charge in [-0.2, -0.15) is 0 Å². The Morgan fingerprint density at radius 2 is 1.53 bits per heavy atom. The minimum absolute atomic E-state index is 0.828. The van der Waals surface area contributed by atoms with Gasteiger partial charge in [0.05, 0.1) is 0 Å². The molecule has 0 spiro atoms. The second-order valence-electron chi connectivity index (χ2n) is 6.87. The minimum Gasteiger partial charge on any atom is -0.304 e. The van der Waals surface area contributed by atoms with Crippen LogP contribution in [0.3, 0.4) is 0 Å². The monoisotopic (exact) mass is 263 g/mol. The van der Waals surface area contributed by atoms with E-state index in [4.69, 9.17) is 0 Å². The van der Waals surface area contributed by atoms with Crippen molar-refractivity contribution in [3.8, 4) is 0 Å². The zero-order chi connectivity index (χ0) is 13.2. The van der Waals surface area contributed by atoms with E-state index in [2.05, 4.69) is 34.7 Å². The summed E-state index contributed by atoms with van der Waals surface area (Å²) in [5, 5.41) is 0. The first-order valence-electron chi connectivity index (χ1n) is 8.02. The van der Waals surface area contributed by atoms with E-state index < -0.39 is 0 Å². The number of rotatable bonds is 4. The quantitative estimate of drug-likeness (QED) is 0.712. The van der Waals surface area contributed by atoms with E-state index in [9.17, 15) is 0 Å². The molecule has 2 aliphatic heterocycles. The summed E-state index contributed by atoms with van der Waals surface area (Å²) in [6.07, 6.45) is 5.24. The van der Waals surface area contributed by atoms with Crippen LogP contribution in [0.1, 0.15) is 19.8 Å². The highest BCUT2D eigenvalue weighted by Gasteiger charge is 2.27. The number of hydrogen-bond acceptors (Lipinski definition) is 3. The fraction of sp³-hybridized carbons (Fsp3) is 0.875. The molecule has 1 unspecified atom stereocenters. The number of likely N-dealkylation sites (N-methyl/N-ethyl adjacent to an activating group) is 1. The van der Waals surface area contributed by atoms with E-state index in [1.165, 1.54) is 65.2 Å². The van der Waals surface area contributed by atoms with Crippen LogP contribution >= 0.6 is 0 Å². The molecule has 1 atom stereocenters. The number of piperazine rings is 1. The zero-order valence-corrected chi connectivity index (χ0v) is 12.6. The Bertz CT molecular complexity index is 323. The van der Waals surface area contributed by atoms with Gasteiger partial charge in [-0.1, -0.05) is 11.6 Å². The Balaban J connectivity index is 1.33. The molecular weight excluding hydrogens is 234 g/mol. The normalized spacial score (nSPS) is 31.5. The fourth-order valence-corrected chi connectivity index (χ4v) is 3.49. The second-order valence-corrected chi connectivity index (χ2v) is 6.87. The van der Waals surface area contributed by atoms with E-state index in [0.717, 1.165) is 11.8 Å². The topological polar surface area (TPSA) is 9.72 Å². The molecular formula is C16H29N3. The molecule has 0 amide bonds. The summed E-state index contributed by atoms with van der Waals surface area (Å²) in [6.45, 7) is 12.6. The maximum absolute atomic E-state index is 2.69. The first-order chi connectivity index (χ1) is 9.20. The molecule has 2 heterocycles. The van der Waals surface area contributed by atoms with E-state index in [1.807, 2.05) is 0 Å². The third kappa shape index (κ3) is 3.80. The Kier molecular flexibility index (Phi) is 4.25. The molecule has 3 rings (SSSR count). The Labute approximate surface area is 118 Å². The average molecular weight is 263 g/mol. The van der Waals surface area contributed by atoms with Crippen molar-refractivity contribution < 1.29 is 0 Å². The lowest BCUT2D eigenvalue weighted by Crippen LogP contribution is -2.47. The van der Waals surface area contributed by atoms with Crippen molar-refractivity contribution in [2.24, 2.45) is 11.8 Å². The van der Waals surface area contributed by atoms with Crippen LogP contribution in [0, 0.1) is 11.8 Å². The van der Waals surface area contributed by atoms with Gasteiger partial charge in [0.15, 0.2) is 0 Å². The summed E-state index contributed by atoms with van der Waals surface area (Å²) in [5.41, 5.74) is 1.61. The highest BCUT2D eigenvalue weighted by atomic mass is 15.2. The molecule has 2 saturated heterocycles. The first-order valence-corrected chi connectivity index (χ1v) is 8.02. The highest BCUT2D eigenvalue weighted by molar-refractivity contribution is 5.27. The van der Waals surface area contributed by atoms with Crippen LogP contribution in [0.15, 0.2) is 11.6 Å². The van der Waals surface area contributed by atoms with E-state index in [1.54, 1.807) is 5.57 Å². The molecule has 0 saturated carbocycles. The lowest BCUT2D eigenvalue weighted by molar-refractivity contribution is 0.105. The molecule has 108 valence electrons. The van der Waals surface area contributed by atoms with Gasteiger partial charge in [-0.25, -0.2) is 0 Å². The number of hydrogen-bond donors (Lipinski definition) is 0. The third-order valence-corrected chi connectivity index (χ3v) is 5.21. The van der Waals surface area contributed by atoms with E-state index >= 15 is 0 Å². The summed E-state index contributed by atoms with van der Waals surface area (Å²) in [7, 11) is 2.24. The van der Waals surface area contributed by atoms with Gasteiger partial charge in [0.1, 0.15) is 0 Å². The molecule has 0 aromatic carbocycles. The average Bonchev–Trinajstić information content (AvgIpc) is 3.10. The summed E-state index contributed by atoms with van der Waals surface area (Å²) in [4.78, 5) is 7.81. The van der Waals surface area contributed by atoms with Gasteiger partial charge in [0, 0.05) is 45.2 Å². The van der Waals surface area contributed by atoms with Crippen LogP contribution in [0.25, 0.3) is 0 Å². The SMILES string of the molecule is CC1=CC1CN1CCC(CN2CCN(C)CC2)CC1. The minimum atomic E-state index is 0.828. The second kappa shape index (κ2) is 5.94. The van der Waals surface area contributed by atoms with Crippen molar-refractivity contribution in [3.05, 3.63) is 11.6 Å². The molecule has 1 aliphatic carbocycles. The molecule has 3 aliphatic rings. The van der Waals surface area contributed by atoms with Crippen molar-refractivity contribution in [3.63, 3.8) is 0 Å². The standard InChI is InChI=1S/C16H29N3/c1-14-11-16(14)13-18-5-3-15(4-6-18)12-19-9-7-17(2)8-10-19/h11,15-16H,3-10,12-13H2,1-2H3. The zero-order valence-electron chi connectivity index (χ0n) is 12.6. The van der Waals surface area contributed by atoms with Crippen molar-refractivity contribution in [2.45, 2.75) is 19.8 Å². The maximum Gasteiger partial charge on any atom is 0.0110 e. The third-order valence-electron chi connectivity index (χ3n) is 5.21. The Morgan fingerprint density at radius 1 is 0.947 bits per heavy atom. The maximum atomic E-state index is 2.69. The lowest BCUT2D eigenvalue weighted by Gasteiger charge is -2.38. The van der Waals surface area contributed by atoms with E-state index in [-0.39, 0.29) is 0 Å². The van der Waals surface area contributed by atoms with Crippen LogP contribution in [-0.4, -0.2) is 74.1 Å². The van der Waals surface area contributed by atoms with Gasteiger partial charge in [0.25, 0.3) is 0 Å². The van der Waals surface area contributed by atoms with Crippen LogP contribution < -0.4 is 0 Å². The molecule has 2 fully saturated rings. The van der Waals surface area contributed by atoms with Crippen LogP contribution in [0.4, 0.5) is 0 Å². The fourth-order valence-electron chi connectivity index (χ4n) is 3.49. The summed E-state index contributed by atoms with van der Waals surface area (Å²) >= 11 is 0. The first kappa shape index (κ1) is 13.6. The van der Waals surface area contributed by atoms with Gasteiger partial charge in [-0.3, -0.25) is 0 Å². The molecule has 0 radical (unpaired) electrons. The number of likely N-dealkylation sites (tertiary alicyclic amines) is 1. The molecule has 0 bridgehead atoms. The molecule has 0 aromatic rings. The van der Waals surface area contributed by atoms with Crippen molar-refractivity contribution >= 4 is 0 Å². The number of nitrogens with zero attached hydrogens (tertiary/aromatic N) is 3. The van der Waals surface area contributed by atoms with Crippen LogP contribution in [0.5, 0.6) is 0 Å². The van der Waals surface area contributed by atoms with Gasteiger partial charge >= 0.3 is 0 Å². The highest BCUT2D eigenvalue weighted by Crippen LogP contribution is 2.30. The summed E-state index contributed by atoms with van der Waals surface area (Å²) in [6, 6.07) is 0. The predicted molar refractivity (Wildman–Crippen MR) is 80.3 cm³/mol. The van der Waals surface area contributed by atoms with Crippen molar-refractivity contribution in [1.82, 2.24) is 14.7 Å². The predicted octanol–water partition coefficient (Wildman–Crippen LogP) is 1.52.